The summed E-state index contributed by atoms with van der Waals surface area (Å²) in [6.07, 6.45) is 1.61. The van der Waals surface area contributed by atoms with E-state index in [9.17, 15) is 4.79 Å². The molecule has 116 valence electrons. The summed E-state index contributed by atoms with van der Waals surface area (Å²) in [4.78, 5) is 12.4. The van der Waals surface area contributed by atoms with E-state index in [2.05, 4.69) is 55.7 Å². The molecule has 3 heteroatoms. The van der Waals surface area contributed by atoms with E-state index >= 15 is 0 Å². The number of carbonyl (C=O) groups is 1. The van der Waals surface area contributed by atoms with Crippen molar-refractivity contribution in [2.24, 2.45) is 11.8 Å². The van der Waals surface area contributed by atoms with E-state index in [1.807, 2.05) is 6.07 Å². The lowest BCUT2D eigenvalue weighted by Crippen LogP contribution is -2.48. The Morgan fingerprint density at radius 2 is 2.05 bits per heavy atom. The minimum atomic E-state index is 0.191. The number of carbonyl (C=O) groups excluding carboxylic acids is 1. The van der Waals surface area contributed by atoms with Gasteiger partial charge in [-0.3, -0.25) is 4.79 Å². The molecule has 1 heterocycles. The summed E-state index contributed by atoms with van der Waals surface area (Å²) in [6.45, 7) is 8.59. The monoisotopic (exact) mass is 288 g/mol. The SMILES string of the molecule is CC(C)C(CC(=O)NC1CCNCC1C)c1ccccc1. The Kier molecular flexibility index (Phi) is 5.80. The Balaban J connectivity index is 1.95. The lowest BCUT2D eigenvalue weighted by molar-refractivity contribution is -0.122. The van der Waals surface area contributed by atoms with Crippen molar-refractivity contribution in [2.75, 3.05) is 13.1 Å². The predicted octanol–water partition coefficient (Wildman–Crippen LogP) is 2.93. The van der Waals surface area contributed by atoms with E-state index in [4.69, 9.17) is 0 Å². The van der Waals surface area contributed by atoms with Crippen LogP contribution in [0.1, 0.15) is 45.1 Å². The maximum Gasteiger partial charge on any atom is 0.220 e. The van der Waals surface area contributed by atoms with Gasteiger partial charge in [0, 0.05) is 12.5 Å². The zero-order chi connectivity index (χ0) is 15.2. The lowest BCUT2D eigenvalue weighted by Gasteiger charge is -2.31. The first kappa shape index (κ1) is 16.0. The van der Waals surface area contributed by atoms with Crippen LogP contribution in [0.5, 0.6) is 0 Å². The predicted molar refractivity (Wildman–Crippen MR) is 87.2 cm³/mol. The molecule has 0 spiro atoms. The summed E-state index contributed by atoms with van der Waals surface area (Å²) in [6, 6.07) is 10.7. The molecular weight excluding hydrogens is 260 g/mol. The summed E-state index contributed by atoms with van der Waals surface area (Å²) in [5.41, 5.74) is 1.26. The minimum Gasteiger partial charge on any atom is -0.353 e. The first-order chi connectivity index (χ1) is 10.1. The van der Waals surface area contributed by atoms with Gasteiger partial charge in [0.25, 0.3) is 0 Å². The van der Waals surface area contributed by atoms with E-state index < -0.39 is 0 Å². The summed E-state index contributed by atoms with van der Waals surface area (Å²) in [5, 5.41) is 6.62. The van der Waals surface area contributed by atoms with Crippen molar-refractivity contribution in [3.05, 3.63) is 35.9 Å². The second-order valence-corrected chi connectivity index (χ2v) is 6.61. The van der Waals surface area contributed by atoms with Crippen molar-refractivity contribution >= 4 is 5.91 Å². The van der Waals surface area contributed by atoms with Gasteiger partial charge >= 0.3 is 0 Å². The number of benzene rings is 1. The van der Waals surface area contributed by atoms with Crippen LogP contribution in [0.25, 0.3) is 0 Å². The highest BCUT2D eigenvalue weighted by molar-refractivity contribution is 5.77. The average Bonchev–Trinajstić information content (AvgIpc) is 2.48. The quantitative estimate of drug-likeness (QED) is 0.874. The smallest absolute Gasteiger partial charge is 0.220 e. The van der Waals surface area contributed by atoms with Crippen LogP contribution >= 0.6 is 0 Å². The molecule has 3 unspecified atom stereocenters. The molecule has 0 radical (unpaired) electrons. The second kappa shape index (κ2) is 7.60. The fourth-order valence-corrected chi connectivity index (χ4v) is 3.13. The Morgan fingerprint density at radius 1 is 1.33 bits per heavy atom. The molecule has 0 bridgehead atoms. The first-order valence-corrected chi connectivity index (χ1v) is 8.13. The molecule has 3 nitrogen and oxygen atoms in total. The van der Waals surface area contributed by atoms with Crippen molar-refractivity contribution in [2.45, 2.75) is 45.6 Å². The molecular formula is C18H28N2O. The van der Waals surface area contributed by atoms with Crippen LogP contribution in [0, 0.1) is 11.8 Å². The number of piperidine rings is 1. The first-order valence-electron chi connectivity index (χ1n) is 8.13. The van der Waals surface area contributed by atoms with E-state index in [0.717, 1.165) is 19.5 Å². The molecule has 1 fully saturated rings. The van der Waals surface area contributed by atoms with Gasteiger partial charge in [-0.2, -0.15) is 0 Å². The van der Waals surface area contributed by atoms with Crippen LogP contribution in [-0.4, -0.2) is 25.0 Å². The van der Waals surface area contributed by atoms with Crippen molar-refractivity contribution < 1.29 is 4.79 Å². The molecule has 21 heavy (non-hydrogen) atoms. The molecule has 0 saturated carbocycles. The van der Waals surface area contributed by atoms with E-state index in [1.165, 1.54) is 5.56 Å². The second-order valence-electron chi connectivity index (χ2n) is 6.61. The molecule has 2 N–H and O–H groups in total. The molecule has 1 amide bonds. The number of rotatable bonds is 5. The zero-order valence-corrected chi connectivity index (χ0v) is 13.4. The summed E-state index contributed by atoms with van der Waals surface area (Å²) >= 11 is 0. The molecule has 2 rings (SSSR count). The van der Waals surface area contributed by atoms with Crippen LogP contribution < -0.4 is 10.6 Å². The Hall–Kier alpha value is -1.35. The molecule has 3 atom stereocenters. The van der Waals surface area contributed by atoms with Gasteiger partial charge in [0.15, 0.2) is 0 Å². The van der Waals surface area contributed by atoms with Crippen LogP contribution in [0.2, 0.25) is 0 Å². The van der Waals surface area contributed by atoms with Gasteiger partial charge in [0.1, 0.15) is 0 Å². The number of nitrogens with one attached hydrogen (secondary N) is 2. The van der Waals surface area contributed by atoms with Crippen molar-refractivity contribution in [3.8, 4) is 0 Å². The summed E-state index contributed by atoms with van der Waals surface area (Å²) < 4.78 is 0. The van der Waals surface area contributed by atoms with Crippen LogP contribution in [0.3, 0.4) is 0 Å². The standard InChI is InChI=1S/C18H28N2O/c1-13(2)16(15-7-5-4-6-8-15)11-18(21)20-17-9-10-19-12-14(17)3/h4-8,13-14,16-17,19H,9-12H2,1-3H3,(H,20,21). The van der Waals surface area contributed by atoms with Gasteiger partial charge in [-0.1, -0.05) is 51.1 Å². The van der Waals surface area contributed by atoms with E-state index in [-0.39, 0.29) is 5.91 Å². The van der Waals surface area contributed by atoms with Crippen molar-refractivity contribution in [1.82, 2.24) is 10.6 Å². The molecule has 1 aliphatic rings. The van der Waals surface area contributed by atoms with Gasteiger partial charge in [-0.05, 0) is 42.8 Å². The van der Waals surface area contributed by atoms with Gasteiger partial charge in [0.05, 0.1) is 0 Å². The zero-order valence-electron chi connectivity index (χ0n) is 13.4. The molecule has 0 aromatic heterocycles. The number of hydrogen-bond donors (Lipinski definition) is 2. The van der Waals surface area contributed by atoms with Gasteiger partial charge in [0.2, 0.25) is 5.91 Å². The third-order valence-corrected chi connectivity index (χ3v) is 4.57. The maximum absolute atomic E-state index is 12.4. The largest absolute Gasteiger partial charge is 0.353 e. The van der Waals surface area contributed by atoms with Crippen LogP contribution in [0.15, 0.2) is 30.3 Å². The highest BCUT2D eigenvalue weighted by atomic mass is 16.1. The highest BCUT2D eigenvalue weighted by Crippen LogP contribution is 2.27. The highest BCUT2D eigenvalue weighted by Gasteiger charge is 2.25. The topological polar surface area (TPSA) is 41.1 Å². The van der Waals surface area contributed by atoms with Crippen molar-refractivity contribution in [3.63, 3.8) is 0 Å². The minimum absolute atomic E-state index is 0.191. The fraction of sp³-hybridized carbons (Fsp3) is 0.611. The lowest BCUT2D eigenvalue weighted by atomic mass is 9.85. The molecule has 1 aromatic carbocycles. The van der Waals surface area contributed by atoms with E-state index in [1.54, 1.807) is 0 Å². The number of hydrogen-bond acceptors (Lipinski definition) is 2. The summed E-state index contributed by atoms with van der Waals surface area (Å²) in [7, 11) is 0. The Labute approximate surface area is 128 Å². The Bertz CT molecular complexity index is 444. The molecule has 1 aliphatic heterocycles. The summed E-state index contributed by atoms with van der Waals surface area (Å²) in [5.74, 6) is 1.46. The fourth-order valence-electron chi connectivity index (χ4n) is 3.13. The van der Waals surface area contributed by atoms with Crippen molar-refractivity contribution in [1.29, 1.82) is 0 Å². The normalized spacial score (nSPS) is 23.8. The average molecular weight is 288 g/mol. The molecule has 0 aliphatic carbocycles. The van der Waals surface area contributed by atoms with Gasteiger partial charge < -0.3 is 10.6 Å². The number of amides is 1. The van der Waals surface area contributed by atoms with Crippen LogP contribution in [-0.2, 0) is 4.79 Å². The Morgan fingerprint density at radius 3 is 2.67 bits per heavy atom. The van der Waals surface area contributed by atoms with Crippen LogP contribution in [0.4, 0.5) is 0 Å². The third-order valence-electron chi connectivity index (χ3n) is 4.57. The van der Waals surface area contributed by atoms with E-state index in [0.29, 0.717) is 30.2 Å². The van der Waals surface area contributed by atoms with Gasteiger partial charge in [-0.15, -0.1) is 0 Å². The van der Waals surface area contributed by atoms with Gasteiger partial charge in [-0.25, -0.2) is 0 Å². The third kappa shape index (κ3) is 4.57. The molecule has 1 saturated heterocycles. The molecule has 1 aromatic rings. The maximum atomic E-state index is 12.4.